The number of hydrogen-bond donors (Lipinski definition) is 1. The Bertz CT molecular complexity index is 1010. The number of hydrogen-bond acceptors (Lipinski definition) is 4. The Kier molecular flexibility index (Phi) is 5.79. The van der Waals surface area contributed by atoms with Gasteiger partial charge in [0.1, 0.15) is 0 Å². The number of aliphatic carboxylic acids is 1. The molecule has 0 saturated heterocycles. The Morgan fingerprint density at radius 3 is 2.30 bits per heavy atom. The van der Waals surface area contributed by atoms with Gasteiger partial charge in [-0.05, 0) is 24.3 Å². The summed E-state index contributed by atoms with van der Waals surface area (Å²) >= 11 is 0.480. The highest BCUT2D eigenvalue weighted by molar-refractivity contribution is 7.99. The molecule has 0 atom stereocenters. The fourth-order valence-electron chi connectivity index (χ4n) is 2.89. The summed E-state index contributed by atoms with van der Waals surface area (Å²) in [6.07, 6.45) is -10.4. The minimum absolute atomic E-state index is 0.221. The lowest BCUT2D eigenvalue weighted by Gasteiger charge is -2.22. The second-order valence-electron chi connectivity index (χ2n) is 6.17. The van der Waals surface area contributed by atoms with Crippen molar-refractivity contribution in [3.8, 4) is 5.75 Å². The number of carboxylic acids is 1. The molecule has 0 spiro atoms. The summed E-state index contributed by atoms with van der Waals surface area (Å²) in [4.78, 5) is 20.3. The first kappa shape index (κ1) is 22.0. The van der Waals surface area contributed by atoms with E-state index < -0.39 is 45.5 Å². The monoisotopic (exact) mass is 450 g/mol. The van der Waals surface area contributed by atoms with E-state index in [9.17, 15) is 31.1 Å². The van der Waals surface area contributed by atoms with Gasteiger partial charge in [-0.2, -0.15) is 31.2 Å². The molecule has 2 aromatic carbocycles. The summed E-state index contributed by atoms with van der Waals surface area (Å²) in [5.41, 5.74) is -5.64. The lowest BCUT2D eigenvalue weighted by atomic mass is 9.95. The summed E-state index contributed by atoms with van der Waals surface area (Å²) < 4.78 is 82.1. The number of benzene rings is 2. The third kappa shape index (κ3) is 4.41. The van der Waals surface area contributed by atoms with Gasteiger partial charge < -0.3 is 9.99 Å². The van der Waals surface area contributed by atoms with Crippen molar-refractivity contribution >= 4 is 23.3 Å². The van der Waals surface area contributed by atoms with E-state index in [-0.39, 0.29) is 11.5 Å². The highest BCUT2D eigenvalue weighted by Crippen LogP contribution is 2.49. The largest absolute Gasteiger partial charge is 0.478 e. The van der Waals surface area contributed by atoms with Crippen molar-refractivity contribution in [3.05, 3.63) is 59.2 Å². The maximum absolute atomic E-state index is 13.7. The molecule has 0 saturated carbocycles. The fraction of sp³-hybridized carbons (Fsp3) is 0.211. The molecule has 0 fully saturated rings. The van der Waals surface area contributed by atoms with E-state index in [1.54, 1.807) is 0 Å². The van der Waals surface area contributed by atoms with Crippen LogP contribution in [0.25, 0.3) is 5.57 Å². The van der Waals surface area contributed by atoms with Gasteiger partial charge in [0.2, 0.25) is 0 Å². The first-order chi connectivity index (χ1) is 13.9. The molecule has 4 nitrogen and oxygen atoms in total. The smallest absolute Gasteiger partial charge is 0.418 e. The molecule has 0 aliphatic carbocycles. The molecule has 1 N–H and O–H groups in total. The zero-order valence-electron chi connectivity index (χ0n) is 14.9. The summed E-state index contributed by atoms with van der Waals surface area (Å²) in [6.45, 7) is 3.21. The van der Waals surface area contributed by atoms with Crippen molar-refractivity contribution in [1.29, 1.82) is 0 Å². The van der Waals surface area contributed by atoms with E-state index in [2.05, 4.69) is 6.58 Å². The lowest BCUT2D eigenvalue weighted by Crippen LogP contribution is -2.21. The number of rotatable bonds is 4. The second kappa shape index (κ2) is 7.88. The maximum Gasteiger partial charge on any atom is 0.418 e. The molecule has 2 aromatic rings. The molecule has 1 heterocycles. The van der Waals surface area contributed by atoms with E-state index in [1.165, 1.54) is 18.2 Å². The number of alkyl halides is 6. The van der Waals surface area contributed by atoms with Crippen LogP contribution in [0.4, 0.5) is 26.3 Å². The van der Waals surface area contributed by atoms with Crippen LogP contribution in [0.15, 0.2) is 46.7 Å². The minimum Gasteiger partial charge on any atom is -0.478 e. The van der Waals surface area contributed by atoms with Gasteiger partial charge in [0.15, 0.2) is 5.75 Å². The van der Waals surface area contributed by atoms with Crippen molar-refractivity contribution < 1.29 is 46.0 Å². The average Bonchev–Trinajstić information content (AvgIpc) is 2.65. The van der Waals surface area contributed by atoms with Crippen molar-refractivity contribution in [2.45, 2.75) is 28.6 Å². The van der Waals surface area contributed by atoms with Gasteiger partial charge in [0.05, 0.1) is 23.3 Å². The predicted molar refractivity (Wildman–Crippen MR) is 94.0 cm³/mol. The van der Waals surface area contributed by atoms with E-state index in [1.807, 2.05) is 0 Å². The van der Waals surface area contributed by atoms with Crippen LogP contribution in [0.5, 0.6) is 5.75 Å². The number of carbonyl (C=O) groups is 1. The minimum atomic E-state index is -5.46. The zero-order chi connectivity index (χ0) is 22.3. The molecule has 0 aromatic heterocycles. The number of fused-ring (bicyclic) bond motifs is 1. The van der Waals surface area contributed by atoms with Crippen LogP contribution in [-0.2, 0) is 28.5 Å². The van der Waals surface area contributed by atoms with Gasteiger partial charge in [0, 0.05) is 27.3 Å². The molecule has 11 heteroatoms. The lowest BCUT2D eigenvalue weighted by molar-refractivity contribution is -0.215. The van der Waals surface area contributed by atoms with Gasteiger partial charge in [-0.15, -0.1) is 0 Å². The Labute approximate surface area is 170 Å². The molecular formula is C19H12F6O4S. The number of halogens is 6. The molecule has 0 bridgehead atoms. The topological polar surface area (TPSA) is 55.8 Å². The Morgan fingerprint density at radius 2 is 1.70 bits per heavy atom. The van der Waals surface area contributed by atoms with Crippen molar-refractivity contribution in [2.75, 3.05) is 6.61 Å². The molecule has 30 heavy (non-hydrogen) atoms. The molecule has 3 rings (SSSR count). The SMILES string of the molecule is C=C(C(=O)O)c1ccc(Sc2ccc3c(c2)CCOO3)c(C(F)(F)F)c1C(F)(F)F. The van der Waals surface area contributed by atoms with Crippen molar-refractivity contribution in [2.24, 2.45) is 0 Å². The zero-order valence-corrected chi connectivity index (χ0v) is 15.7. The van der Waals surface area contributed by atoms with Gasteiger partial charge in [-0.3, -0.25) is 0 Å². The van der Waals surface area contributed by atoms with Crippen LogP contribution in [-0.4, -0.2) is 17.7 Å². The summed E-state index contributed by atoms with van der Waals surface area (Å²) in [7, 11) is 0. The van der Waals surface area contributed by atoms with E-state index in [0.29, 0.717) is 35.6 Å². The quantitative estimate of drug-likeness (QED) is 0.360. The summed E-state index contributed by atoms with van der Waals surface area (Å²) in [5, 5.41) is 8.96. The van der Waals surface area contributed by atoms with E-state index in [4.69, 9.17) is 14.9 Å². The average molecular weight is 450 g/mol. The standard InChI is InChI=1S/C19H12F6O4S/c1-9(17(26)27)12-3-5-14(16(19(23,24)25)15(12)18(20,21)22)30-11-2-4-13-10(8-11)6-7-28-29-13/h2-5,8H,1,6-7H2,(H,26,27). The van der Waals surface area contributed by atoms with Gasteiger partial charge in [0.25, 0.3) is 0 Å². The van der Waals surface area contributed by atoms with Crippen LogP contribution >= 0.6 is 11.8 Å². The first-order valence-corrected chi connectivity index (χ1v) is 9.05. The normalized spacial score (nSPS) is 14.1. The fourth-order valence-corrected chi connectivity index (χ4v) is 3.94. The van der Waals surface area contributed by atoms with Crippen LogP contribution in [0, 0.1) is 0 Å². The first-order valence-electron chi connectivity index (χ1n) is 8.24. The predicted octanol–water partition coefficient (Wildman–Crippen LogP) is 5.84. The van der Waals surface area contributed by atoms with E-state index in [0.717, 1.165) is 6.07 Å². The molecular weight excluding hydrogens is 438 g/mol. The van der Waals surface area contributed by atoms with Crippen molar-refractivity contribution in [3.63, 3.8) is 0 Å². The van der Waals surface area contributed by atoms with Crippen LogP contribution in [0.1, 0.15) is 22.3 Å². The van der Waals surface area contributed by atoms with Gasteiger partial charge in [-0.1, -0.05) is 24.4 Å². The highest BCUT2D eigenvalue weighted by Gasteiger charge is 2.47. The maximum atomic E-state index is 13.7. The number of carboxylic acid groups (broad SMARTS) is 1. The highest BCUT2D eigenvalue weighted by atomic mass is 32.2. The molecule has 0 radical (unpaired) electrons. The summed E-state index contributed by atoms with van der Waals surface area (Å²) in [5.74, 6) is -1.49. The molecule has 0 amide bonds. The second-order valence-corrected chi connectivity index (χ2v) is 7.28. The third-order valence-electron chi connectivity index (χ3n) is 4.18. The molecule has 1 aliphatic heterocycles. The van der Waals surface area contributed by atoms with E-state index >= 15 is 0 Å². The molecule has 0 unspecified atom stereocenters. The van der Waals surface area contributed by atoms with Gasteiger partial charge >= 0.3 is 18.3 Å². The Morgan fingerprint density at radius 1 is 1.03 bits per heavy atom. The molecule has 160 valence electrons. The third-order valence-corrected chi connectivity index (χ3v) is 5.23. The van der Waals surface area contributed by atoms with Crippen LogP contribution in [0.3, 0.4) is 0 Å². The van der Waals surface area contributed by atoms with Gasteiger partial charge in [-0.25, -0.2) is 4.79 Å². The summed E-state index contributed by atoms with van der Waals surface area (Å²) in [6, 6.07) is 5.82. The van der Waals surface area contributed by atoms with Crippen LogP contribution in [0.2, 0.25) is 0 Å². The molecule has 1 aliphatic rings. The Hall–Kier alpha value is -2.66. The Balaban J connectivity index is 2.18. The van der Waals surface area contributed by atoms with Crippen LogP contribution < -0.4 is 4.89 Å². The van der Waals surface area contributed by atoms with Crippen molar-refractivity contribution in [1.82, 2.24) is 0 Å².